The first-order chi connectivity index (χ1) is 13.7. The number of aromatic nitrogens is 1. The molecule has 6 nitrogen and oxygen atoms in total. The number of rotatable bonds is 10. The zero-order chi connectivity index (χ0) is 19.8. The third-order valence-corrected chi connectivity index (χ3v) is 4.87. The van der Waals surface area contributed by atoms with E-state index in [-0.39, 0.29) is 12.3 Å². The molecular formula is C21H24N2O4S. The molecule has 0 aliphatic rings. The van der Waals surface area contributed by atoms with Crippen LogP contribution in [-0.4, -0.2) is 30.6 Å². The van der Waals surface area contributed by atoms with Crippen molar-refractivity contribution in [1.29, 1.82) is 0 Å². The Hall–Kier alpha value is -2.80. The van der Waals surface area contributed by atoms with Gasteiger partial charge in [-0.3, -0.25) is 4.79 Å². The van der Waals surface area contributed by atoms with Gasteiger partial charge in [-0.25, -0.2) is 4.98 Å². The van der Waals surface area contributed by atoms with Gasteiger partial charge in [0.25, 0.3) is 0 Å². The Morgan fingerprint density at radius 1 is 1.18 bits per heavy atom. The van der Waals surface area contributed by atoms with Crippen molar-refractivity contribution in [2.24, 2.45) is 0 Å². The van der Waals surface area contributed by atoms with E-state index in [9.17, 15) is 4.79 Å². The monoisotopic (exact) mass is 400 g/mol. The molecule has 0 aliphatic heterocycles. The Morgan fingerprint density at radius 2 is 2.00 bits per heavy atom. The summed E-state index contributed by atoms with van der Waals surface area (Å²) in [7, 11) is 0. The van der Waals surface area contributed by atoms with Crippen molar-refractivity contribution >= 4 is 17.2 Å². The molecule has 3 rings (SSSR count). The molecule has 2 aromatic heterocycles. The molecule has 1 amide bonds. The van der Waals surface area contributed by atoms with E-state index in [0.29, 0.717) is 26.2 Å². The van der Waals surface area contributed by atoms with Gasteiger partial charge in [-0.15, -0.1) is 11.3 Å². The van der Waals surface area contributed by atoms with E-state index in [1.54, 1.807) is 6.26 Å². The lowest BCUT2D eigenvalue weighted by atomic mass is 10.1. The predicted molar refractivity (Wildman–Crippen MR) is 109 cm³/mol. The standard InChI is InChI=1S/C21H24N2O4S/c1-3-25-17-8-7-15(12-19(17)26-4-2)9-10-22-20(24)13-16-14-28-21(23-16)18-6-5-11-27-18/h5-8,11-12,14H,3-4,9-10,13H2,1-2H3,(H,22,24). The molecule has 0 saturated carbocycles. The molecule has 0 fully saturated rings. The van der Waals surface area contributed by atoms with Gasteiger partial charge in [-0.05, 0) is 50.1 Å². The first-order valence-electron chi connectivity index (χ1n) is 9.33. The van der Waals surface area contributed by atoms with E-state index in [1.807, 2.05) is 49.6 Å². The lowest BCUT2D eigenvalue weighted by Gasteiger charge is -2.12. The van der Waals surface area contributed by atoms with Crippen LogP contribution in [0.3, 0.4) is 0 Å². The van der Waals surface area contributed by atoms with Gasteiger partial charge in [-0.1, -0.05) is 6.07 Å². The predicted octanol–water partition coefficient (Wildman–Crippen LogP) is 4.10. The maximum absolute atomic E-state index is 12.2. The SMILES string of the molecule is CCOc1ccc(CCNC(=O)Cc2csc(-c3ccco3)n2)cc1OCC. The minimum atomic E-state index is -0.0488. The van der Waals surface area contributed by atoms with E-state index in [0.717, 1.165) is 33.5 Å². The van der Waals surface area contributed by atoms with Gasteiger partial charge in [0.1, 0.15) is 0 Å². The highest BCUT2D eigenvalue weighted by Gasteiger charge is 2.11. The molecular weight excluding hydrogens is 376 g/mol. The number of nitrogens with one attached hydrogen (secondary N) is 1. The molecule has 3 aromatic rings. The minimum absolute atomic E-state index is 0.0488. The number of ether oxygens (including phenoxy) is 2. The number of carbonyl (C=O) groups excluding carboxylic acids is 1. The van der Waals surface area contributed by atoms with Gasteiger partial charge in [0, 0.05) is 11.9 Å². The van der Waals surface area contributed by atoms with E-state index in [4.69, 9.17) is 13.9 Å². The quantitative estimate of drug-likeness (QED) is 0.555. The van der Waals surface area contributed by atoms with Crippen LogP contribution < -0.4 is 14.8 Å². The van der Waals surface area contributed by atoms with Gasteiger partial charge in [0.05, 0.1) is 31.6 Å². The summed E-state index contributed by atoms with van der Waals surface area (Å²) >= 11 is 1.47. The molecule has 0 aliphatic carbocycles. The van der Waals surface area contributed by atoms with Crippen LogP contribution >= 0.6 is 11.3 Å². The molecule has 0 saturated heterocycles. The summed E-state index contributed by atoms with van der Waals surface area (Å²) < 4.78 is 16.5. The average Bonchev–Trinajstić information content (AvgIpc) is 3.36. The Bertz CT molecular complexity index is 890. The summed E-state index contributed by atoms with van der Waals surface area (Å²) in [4.78, 5) is 16.6. The highest BCUT2D eigenvalue weighted by Crippen LogP contribution is 2.28. The first kappa shape index (κ1) is 19.9. The summed E-state index contributed by atoms with van der Waals surface area (Å²) in [6.07, 6.45) is 2.58. The second-order valence-corrected chi connectivity index (χ2v) is 6.90. The average molecular weight is 401 g/mol. The van der Waals surface area contributed by atoms with Crippen LogP contribution in [0.2, 0.25) is 0 Å². The molecule has 0 radical (unpaired) electrons. The Balaban J connectivity index is 1.49. The number of nitrogens with zero attached hydrogens (tertiary/aromatic N) is 1. The van der Waals surface area contributed by atoms with Crippen LogP contribution in [0.1, 0.15) is 25.1 Å². The molecule has 0 spiro atoms. The van der Waals surface area contributed by atoms with E-state index in [1.165, 1.54) is 11.3 Å². The van der Waals surface area contributed by atoms with Gasteiger partial charge < -0.3 is 19.2 Å². The third-order valence-electron chi connectivity index (χ3n) is 3.97. The van der Waals surface area contributed by atoms with E-state index < -0.39 is 0 Å². The molecule has 148 valence electrons. The van der Waals surface area contributed by atoms with E-state index in [2.05, 4.69) is 10.3 Å². The van der Waals surface area contributed by atoms with Crippen molar-refractivity contribution in [2.45, 2.75) is 26.7 Å². The van der Waals surface area contributed by atoms with Crippen LogP contribution in [0.4, 0.5) is 0 Å². The Morgan fingerprint density at radius 3 is 2.75 bits per heavy atom. The largest absolute Gasteiger partial charge is 0.490 e. The zero-order valence-electron chi connectivity index (χ0n) is 16.1. The van der Waals surface area contributed by atoms with Crippen molar-refractivity contribution in [2.75, 3.05) is 19.8 Å². The van der Waals surface area contributed by atoms with Crippen molar-refractivity contribution < 1.29 is 18.7 Å². The molecule has 0 unspecified atom stereocenters. The minimum Gasteiger partial charge on any atom is -0.490 e. The maximum Gasteiger partial charge on any atom is 0.226 e. The first-order valence-corrected chi connectivity index (χ1v) is 10.2. The van der Waals surface area contributed by atoms with Crippen LogP contribution in [0, 0.1) is 0 Å². The zero-order valence-corrected chi connectivity index (χ0v) is 16.9. The fourth-order valence-corrected chi connectivity index (χ4v) is 3.51. The molecule has 0 bridgehead atoms. The van der Waals surface area contributed by atoms with Gasteiger partial charge in [0.2, 0.25) is 5.91 Å². The van der Waals surface area contributed by atoms with Gasteiger partial charge >= 0.3 is 0 Å². The maximum atomic E-state index is 12.2. The van der Waals surface area contributed by atoms with Crippen molar-refractivity contribution in [3.05, 3.63) is 53.2 Å². The van der Waals surface area contributed by atoms with Crippen molar-refractivity contribution in [1.82, 2.24) is 10.3 Å². The number of hydrogen-bond acceptors (Lipinski definition) is 6. The number of furan rings is 1. The topological polar surface area (TPSA) is 73.6 Å². The number of carbonyl (C=O) groups is 1. The van der Waals surface area contributed by atoms with Crippen LogP contribution in [0.5, 0.6) is 11.5 Å². The highest BCUT2D eigenvalue weighted by atomic mass is 32.1. The molecule has 2 heterocycles. The second-order valence-electron chi connectivity index (χ2n) is 6.05. The smallest absolute Gasteiger partial charge is 0.226 e. The lowest BCUT2D eigenvalue weighted by molar-refractivity contribution is -0.120. The lowest BCUT2D eigenvalue weighted by Crippen LogP contribution is -2.27. The van der Waals surface area contributed by atoms with Gasteiger partial charge in [0.15, 0.2) is 22.3 Å². The highest BCUT2D eigenvalue weighted by molar-refractivity contribution is 7.13. The number of benzene rings is 1. The van der Waals surface area contributed by atoms with Gasteiger partial charge in [-0.2, -0.15) is 0 Å². The van der Waals surface area contributed by atoms with Crippen LogP contribution in [0.25, 0.3) is 10.8 Å². The number of amides is 1. The Kier molecular flexibility index (Phi) is 7.08. The summed E-state index contributed by atoms with van der Waals surface area (Å²) in [5.74, 6) is 2.15. The summed E-state index contributed by atoms with van der Waals surface area (Å²) in [6.45, 7) is 5.60. The van der Waals surface area contributed by atoms with Crippen LogP contribution in [0.15, 0.2) is 46.4 Å². The number of hydrogen-bond donors (Lipinski definition) is 1. The summed E-state index contributed by atoms with van der Waals surface area (Å²) in [5, 5.41) is 5.62. The molecule has 0 atom stereocenters. The van der Waals surface area contributed by atoms with E-state index >= 15 is 0 Å². The van der Waals surface area contributed by atoms with Crippen LogP contribution in [-0.2, 0) is 17.6 Å². The Labute approximate surface area is 168 Å². The number of thiazole rings is 1. The van der Waals surface area contributed by atoms with Crippen molar-refractivity contribution in [3.8, 4) is 22.3 Å². The normalized spacial score (nSPS) is 10.6. The molecule has 1 aromatic carbocycles. The molecule has 7 heteroatoms. The summed E-state index contributed by atoms with van der Waals surface area (Å²) in [5.41, 5.74) is 1.83. The molecule has 1 N–H and O–H groups in total. The fraction of sp³-hybridized carbons (Fsp3) is 0.333. The van der Waals surface area contributed by atoms with Crippen molar-refractivity contribution in [3.63, 3.8) is 0 Å². The molecule has 28 heavy (non-hydrogen) atoms. The second kappa shape index (κ2) is 9.94. The summed E-state index contributed by atoms with van der Waals surface area (Å²) in [6, 6.07) is 9.56. The fourth-order valence-electron chi connectivity index (χ4n) is 2.73. The third kappa shape index (κ3) is 5.36.